The lowest BCUT2D eigenvalue weighted by atomic mass is 9.95. The number of amides is 1. The minimum absolute atomic E-state index is 0.217. The van der Waals surface area contributed by atoms with Crippen LogP contribution in [-0.4, -0.2) is 84.1 Å². The molecule has 44 heavy (non-hydrogen) atoms. The monoisotopic (exact) mass is 609 g/mol. The summed E-state index contributed by atoms with van der Waals surface area (Å²) in [6.45, 7) is 3.19. The van der Waals surface area contributed by atoms with Gasteiger partial charge in [-0.3, -0.25) is 14.7 Å². The molecule has 0 N–H and O–H groups in total. The van der Waals surface area contributed by atoms with E-state index >= 15 is 4.39 Å². The molecule has 10 heteroatoms. The summed E-state index contributed by atoms with van der Waals surface area (Å²) < 4.78 is 54.9. The molecular weight excluding hydrogens is 570 g/mol. The van der Waals surface area contributed by atoms with Gasteiger partial charge < -0.3 is 14.7 Å². The summed E-state index contributed by atoms with van der Waals surface area (Å²) in [5, 5.41) is 0. The molecule has 0 radical (unpaired) electrons. The molecule has 2 atom stereocenters. The van der Waals surface area contributed by atoms with Crippen LogP contribution >= 0.6 is 0 Å². The van der Waals surface area contributed by atoms with Crippen molar-refractivity contribution in [1.29, 1.82) is 0 Å². The van der Waals surface area contributed by atoms with Crippen molar-refractivity contribution in [1.82, 2.24) is 19.7 Å². The first kappa shape index (κ1) is 31.7. The number of rotatable bonds is 8. The number of nitrogens with zero attached hydrogens (tertiary/aromatic N) is 5. The highest BCUT2D eigenvalue weighted by atomic mass is 19.4. The first-order valence-corrected chi connectivity index (χ1v) is 15.0. The predicted octanol–water partition coefficient (Wildman–Crippen LogP) is 6.42. The predicted molar refractivity (Wildman–Crippen MR) is 165 cm³/mol. The molecule has 2 aromatic carbocycles. The molecule has 1 amide bonds. The number of benzene rings is 2. The highest BCUT2D eigenvalue weighted by Crippen LogP contribution is 2.30. The van der Waals surface area contributed by atoms with E-state index in [2.05, 4.69) is 21.8 Å². The van der Waals surface area contributed by atoms with Crippen molar-refractivity contribution in [2.45, 2.75) is 50.2 Å². The number of carbonyl (C=O) groups is 1. The summed E-state index contributed by atoms with van der Waals surface area (Å²) in [7, 11) is 4.06. The molecule has 5 rings (SSSR count). The maximum Gasteiger partial charge on any atom is 0.416 e. The first-order valence-electron chi connectivity index (χ1n) is 15.0. The summed E-state index contributed by atoms with van der Waals surface area (Å²) in [6.07, 6.45) is 3.16. The van der Waals surface area contributed by atoms with Gasteiger partial charge in [-0.05, 0) is 93.0 Å². The lowest BCUT2D eigenvalue weighted by Gasteiger charge is -2.45. The van der Waals surface area contributed by atoms with Crippen molar-refractivity contribution in [2.75, 3.05) is 45.2 Å². The number of hydrogen-bond acceptors (Lipinski definition) is 5. The summed E-state index contributed by atoms with van der Waals surface area (Å²) in [5.74, 6) is -0.372. The highest BCUT2D eigenvalue weighted by molar-refractivity contribution is 5.92. The molecule has 2 saturated heterocycles. The second-order valence-corrected chi connectivity index (χ2v) is 11.8. The summed E-state index contributed by atoms with van der Waals surface area (Å²) >= 11 is 0. The first-order chi connectivity index (χ1) is 21.1. The summed E-state index contributed by atoms with van der Waals surface area (Å²) in [6, 6.07) is 16.0. The fourth-order valence-electron chi connectivity index (χ4n) is 6.10. The number of pyridine rings is 1. The topological polar surface area (TPSA) is 42.9 Å². The molecule has 0 aliphatic carbocycles. The van der Waals surface area contributed by atoms with Crippen LogP contribution in [0.5, 0.6) is 0 Å². The molecule has 2 fully saturated rings. The van der Waals surface area contributed by atoms with Gasteiger partial charge in [0.2, 0.25) is 5.91 Å². The zero-order valence-electron chi connectivity index (χ0n) is 25.1. The Morgan fingerprint density at radius 2 is 1.57 bits per heavy atom. The normalized spacial score (nSPS) is 20.6. The van der Waals surface area contributed by atoms with Gasteiger partial charge >= 0.3 is 6.18 Å². The summed E-state index contributed by atoms with van der Waals surface area (Å²) in [5.41, 5.74) is 2.50. The van der Waals surface area contributed by atoms with Crippen molar-refractivity contribution < 1.29 is 22.4 Å². The number of aromatic nitrogens is 1. The number of anilines is 2. The lowest BCUT2D eigenvalue weighted by Crippen LogP contribution is -2.57. The molecule has 0 bridgehead atoms. The van der Waals surface area contributed by atoms with Crippen LogP contribution < -0.4 is 4.90 Å². The van der Waals surface area contributed by atoms with Crippen molar-refractivity contribution in [3.63, 3.8) is 0 Å². The quantitative estimate of drug-likeness (QED) is 0.218. The van der Waals surface area contributed by atoms with E-state index in [0.29, 0.717) is 24.6 Å². The van der Waals surface area contributed by atoms with Crippen LogP contribution in [0.1, 0.15) is 36.0 Å². The zero-order valence-corrected chi connectivity index (χ0v) is 25.1. The van der Waals surface area contributed by atoms with Gasteiger partial charge in [0.1, 0.15) is 6.17 Å². The zero-order chi connectivity index (χ0) is 31.3. The van der Waals surface area contributed by atoms with Crippen molar-refractivity contribution in [3.05, 3.63) is 95.8 Å². The van der Waals surface area contributed by atoms with E-state index in [0.717, 1.165) is 55.0 Å². The van der Waals surface area contributed by atoms with Crippen LogP contribution in [0.2, 0.25) is 0 Å². The van der Waals surface area contributed by atoms with Crippen LogP contribution in [0, 0.1) is 0 Å². The highest BCUT2D eigenvalue weighted by Gasteiger charge is 2.38. The maximum atomic E-state index is 15.9. The molecule has 0 saturated carbocycles. The number of hydrogen-bond donors (Lipinski definition) is 0. The third-order valence-corrected chi connectivity index (χ3v) is 8.81. The second-order valence-electron chi connectivity index (χ2n) is 11.8. The molecule has 3 aromatic rings. The van der Waals surface area contributed by atoms with Crippen LogP contribution in [0.15, 0.2) is 79.1 Å². The fourth-order valence-corrected chi connectivity index (χ4v) is 6.10. The van der Waals surface area contributed by atoms with E-state index in [1.807, 2.05) is 48.3 Å². The molecule has 2 aliphatic heterocycles. The van der Waals surface area contributed by atoms with E-state index in [1.165, 1.54) is 24.3 Å². The van der Waals surface area contributed by atoms with Crippen molar-refractivity contribution in [3.8, 4) is 0 Å². The average molecular weight is 610 g/mol. The minimum Gasteiger partial charge on any atom is -0.345 e. The van der Waals surface area contributed by atoms with Gasteiger partial charge in [0.15, 0.2) is 0 Å². The van der Waals surface area contributed by atoms with E-state index in [9.17, 15) is 18.0 Å². The maximum absolute atomic E-state index is 15.9. The SMILES string of the molecule is CN1CCC(N2CC[C@H](N(Cc3ccc(N(C)c4ccncc4)cc3)C(=O)/C=C/c3ccc(C(F)(F)F)cc3)[C@H](F)C2)CC1. The van der Waals surface area contributed by atoms with E-state index < -0.39 is 24.0 Å². The molecule has 6 nitrogen and oxygen atoms in total. The smallest absolute Gasteiger partial charge is 0.345 e. The van der Waals surface area contributed by atoms with E-state index in [4.69, 9.17) is 0 Å². The van der Waals surface area contributed by atoms with E-state index in [1.54, 1.807) is 17.3 Å². The molecule has 0 spiro atoms. The van der Waals surface area contributed by atoms with Crippen molar-refractivity contribution in [2.24, 2.45) is 0 Å². The Labute approximate surface area is 256 Å². The van der Waals surface area contributed by atoms with Crippen LogP contribution in [0.25, 0.3) is 6.08 Å². The van der Waals surface area contributed by atoms with Crippen LogP contribution in [-0.2, 0) is 17.5 Å². The summed E-state index contributed by atoms with van der Waals surface area (Å²) in [4.78, 5) is 25.8. The third-order valence-electron chi connectivity index (χ3n) is 8.81. The van der Waals surface area contributed by atoms with E-state index in [-0.39, 0.29) is 19.0 Å². The third kappa shape index (κ3) is 7.84. The van der Waals surface area contributed by atoms with Gasteiger partial charge in [0.05, 0.1) is 11.6 Å². The van der Waals surface area contributed by atoms with Gasteiger partial charge in [-0.1, -0.05) is 24.3 Å². The van der Waals surface area contributed by atoms with Gasteiger partial charge in [-0.25, -0.2) is 4.39 Å². The van der Waals surface area contributed by atoms with Crippen molar-refractivity contribution >= 4 is 23.4 Å². The Kier molecular flexibility index (Phi) is 10.0. The number of halogens is 4. The average Bonchev–Trinajstić information content (AvgIpc) is 3.03. The number of alkyl halides is 4. The Morgan fingerprint density at radius 1 is 0.932 bits per heavy atom. The van der Waals surface area contributed by atoms with Gasteiger partial charge in [0.25, 0.3) is 0 Å². The lowest BCUT2D eigenvalue weighted by molar-refractivity contribution is -0.137. The number of piperidine rings is 2. The fraction of sp³-hybridized carbons (Fsp3) is 0.412. The number of carbonyl (C=O) groups excluding carboxylic acids is 1. The Bertz CT molecular complexity index is 1390. The number of likely N-dealkylation sites (tertiary alicyclic amines) is 2. The Balaban J connectivity index is 1.32. The Morgan fingerprint density at radius 3 is 2.18 bits per heavy atom. The molecule has 1 aromatic heterocycles. The largest absolute Gasteiger partial charge is 0.416 e. The molecule has 2 aliphatic rings. The van der Waals surface area contributed by atoms with Gasteiger partial charge in [-0.15, -0.1) is 0 Å². The molecule has 3 heterocycles. The molecule has 234 valence electrons. The standard InChI is InChI=1S/C34H39F4N5O/c1-40-20-15-30(16-21-40)42-22-17-32(31(35)24-42)43(33(44)12-7-25-3-8-27(9-4-25)34(36,37)38)23-26-5-10-28(11-6-26)41(2)29-13-18-39-19-14-29/h3-14,18-19,30-32H,15-17,20-24H2,1-2H3/b12-7+/t31-,32+/m1/s1. The van der Waals surface area contributed by atoms with Crippen LogP contribution in [0.4, 0.5) is 28.9 Å². The Hall–Kier alpha value is -3.76. The van der Waals surface area contributed by atoms with Gasteiger partial charge in [0, 0.05) is 62.6 Å². The molecule has 0 unspecified atom stereocenters. The van der Waals surface area contributed by atoms with Crippen LogP contribution in [0.3, 0.4) is 0 Å². The second kappa shape index (κ2) is 13.9. The minimum atomic E-state index is -4.43. The van der Waals surface area contributed by atoms with Gasteiger partial charge in [-0.2, -0.15) is 13.2 Å². The molecular formula is C34H39F4N5O.